The van der Waals surface area contributed by atoms with Crippen molar-refractivity contribution < 1.29 is 4.74 Å². The van der Waals surface area contributed by atoms with E-state index in [-0.39, 0.29) is 6.10 Å². The van der Waals surface area contributed by atoms with Gasteiger partial charge in [0.1, 0.15) is 23.6 Å². The minimum absolute atomic E-state index is 0.247. The van der Waals surface area contributed by atoms with E-state index in [4.69, 9.17) is 10.00 Å². The van der Waals surface area contributed by atoms with Crippen LogP contribution < -0.4 is 4.74 Å². The number of hydrogen-bond donors (Lipinski definition) is 0. The molecule has 0 atom stereocenters. The Kier molecular flexibility index (Phi) is 2.32. The number of nitrogens with zero attached hydrogens (tertiary/aromatic N) is 3. The highest BCUT2D eigenvalue weighted by Gasteiger charge is 2.21. The zero-order valence-corrected chi connectivity index (χ0v) is 8.03. The van der Waals surface area contributed by atoms with Gasteiger partial charge in [-0.1, -0.05) is 0 Å². The third kappa shape index (κ3) is 1.67. The summed E-state index contributed by atoms with van der Waals surface area (Å²) in [5, 5.41) is 8.80. The average molecular weight is 189 g/mol. The second-order valence-electron chi connectivity index (χ2n) is 3.42. The van der Waals surface area contributed by atoms with Gasteiger partial charge in [0.05, 0.1) is 6.20 Å². The Hall–Kier alpha value is -1.63. The Bertz CT molecular complexity index is 379. The molecule has 1 fully saturated rings. The number of hydrogen-bond acceptors (Lipinski definition) is 4. The predicted molar refractivity (Wildman–Crippen MR) is 49.8 cm³/mol. The van der Waals surface area contributed by atoms with Crippen LogP contribution >= 0.6 is 0 Å². The molecular weight excluding hydrogens is 178 g/mol. The monoisotopic (exact) mass is 189 g/mol. The van der Waals surface area contributed by atoms with E-state index < -0.39 is 0 Å². The Morgan fingerprint density at radius 1 is 1.57 bits per heavy atom. The van der Waals surface area contributed by atoms with Crippen molar-refractivity contribution in [2.24, 2.45) is 0 Å². The summed E-state index contributed by atoms with van der Waals surface area (Å²) in [4.78, 5) is 8.06. The van der Waals surface area contributed by atoms with Gasteiger partial charge in [-0.25, -0.2) is 4.98 Å². The van der Waals surface area contributed by atoms with Crippen molar-refractivity contribution in [1.29, 1.82) is 5.26 Å². The van der Waals surface area contributed by atoms with E-state index in [0.717, 1.165) is 12.8 Å². The molecule has 0 radical (unpaired) electrons. The SMILES string of the molecule is Cc1ncc(C#N)c(OC2CCC2)n1. The van der Waals surface area contributed by atoms with Crippen molar-refractivity contribution in [2.75, 3.05) is 0 Å². The Morgan fingerprint density at radius 3 is 2.93 bits per heavy atom. The van der Waals surface area contributed by atoms with Crippen LogP contribution in [0.2, 0.25) is 0 Å². The summed E-state index contributed by atoms with van der Waals surface area (Å²) < 4.78 is 5.58. The van der Waals surface area contributed by atoms with Gasteiger partial charge < -0.3 is 4.74 Å². The smallest absolute Gasteiger partial charge is 0.235 e. The second-order valence-corrected chi connectivity index (χ2v) is 3.42. The van der Waals surface area contributed by atoms with Crippen LogP contribution in [0.4, 0.5) is 0 Å². The third-order valence-electron chi connectivity index (χ3n) is 2.33. The van der Waals surface area contributed by atoms with Gasteiger partial charge in [0.2, 0.25) is 5.88 Å². The summed E-state index contributed by atoms with van der Waals surface area (Å²) in [5.74, 6) is 1.07. The minimum atomic E-state index is 0.247. The molecule has 1 heterocycles. The van der Waals surface area contributed by atoms with Gasteiger partial charge in [0.15, 0.2) is 0 Å². The van der Waals surface area contributed by atoms with E-state index in [1.54, 1.807) is 6.92 Å². The lowest BCUT2D eigenvalue weighted by Crippen LogP contribution is -2.25. The number of aryl methyl sites for hydroxylation is 1. The Morgan fingerprint density at radius 2 is 2.36 bits per heavy atom. The van der Waals surface area contributed by atoms with E-state index >= 15 is 0 Å². The van der Waals surface area contributed by atoms with Crippen LogP contribution in [0.15, 0.2) is 6.20 Å². The maximum atomic E-state index is 8.80. The van der Waals surface area contributed by atoms with Crippen molar-refractivity contribution >= 4 is 0 Å². The maximum absolute atomic E-state index is 8.80. The summed E-state index contributed by atoms with van der Waals surface area (Å²) in [6.07, 6.45) is 5.09. The molecule has 0 amide bonds. The molecule has 0 saturated heterocycles. The van der Waals surface area contributed by atoms with Crippen LogP contribution in [0.1, 0.15) is 30.7 Å². The molecule has 1 aliphatic rings. The lowest BCUT2D eigenvalue weighted by molar-refractivity contribution is 0.114. The molecule has 1 saturated carbocycles. The Labute approximate surface area is 82.6 Å². The molecular formula is C10H11N3O. The molecule has 1 aliphatic carbocycles. The van der Waals surface area contributed by atoms with Crippen molar-refractivity contribution in [3.8, 4) is 11.9 Å². The first kappa shape index (κ1) is 8.95. The standard InChI is InChI=1S/C10H11N3O/c1-7-12-6-8(5-11)10(13-7)14-9-3-2-4-9/h6,9H,2-4H2,1H3. The van der Waals surface area contributed by atoms with Gasteiger partial charge in [0, 0.05) is 0 Å². The highest BCUT2D eigenvalue weighted by atomic mass is 16.5. The first-order valence-electron chi connectivity index (χ1n) is 4.70. The lowest BCUT2D eigenvalue weighted by atomic mass is 9.96. The summed E-state index contributed by atoms with van der Waals surface area (Å²) in [6, 6.07) is 2.03. The van der Waals surface area contributed by atoms with Crippen LogP contribution in [0.25, 0.3) is 0 Å². The topological polar surface area (TPSA) is 58.8 Å². The molecule has 4 heteroatoms. The van der Waals surface area contributed by atoms with Gasteiger partial charge in [0.25, 0.3) is 0 Å². The van der Waals surface area contributed by atoms with E-state index in [0.29, 0.717) is 17.3 Å². The van der Waals surface area contributed by atoms with Crippen molar-refractivity contribution in [1.82, 2.24) is 9.97 Å². The fourth-order valence-electron chi connectivity index (χ4n) is 1.26. The largest absolute Gasteiger partial charge is 0.473 e. The summed E-state index contributed by atoms with van der Waals surface area (Å²) in [5.41, 5.74) is 0.419. The molecule has 0 aliphatic heterocycles. The van der Waals surface area contributed by atoms with Crippen LogP contribution in [0.3, 0.4) is 0 Å². The number of nitriles is 1. The van der Waals surface area contributed by atoms with E-state index in [9.17, 15) is 0 Å². The highest BCUT2D eigenvalue weighted by Crippen LogP contribution is 2.25. The normalized spacial score (nSPS) is 15.7. The minimum Gasteiger partial charge on any atom is -0.473 e. The molecule has 1 aromatic heterocycles. The first-order valence-corrected chi connectivity index (χ1v) is 4.70. The number of ether oxygens (including phenoxy) is 1. The fourth-order valence-corrected chi connectivity index (χ4v) is 1.26. The molecule has 0 N–H and O–H groups in total. The van der Waals surface area contributed by atoms with E-state index in [1.807, 2.05) is 6.07 Å². The molecule has 14 heavy (non-hydrogen) atoms. The summed E-state index contributed by atoms with van der Waals surface area (Å²) in [6.45, 7) is 1.79. The number of rotatable bonds is 2. The molecule has 2 rings (SSSR count). The van der Waals surface area contributed by atoms with E-state index in [1.165, 1.54) is 12.6 Å². The number of aromatic nitrogens is 2. The van der Waals surface area contributed by atoms with Gasteiger partial charge in [-0.05, 0) is 26.2 Å². The zero-order valence-electron chi connectivity index (χ0n) is 8.03. The average Bonchev–Trinajstić information content (AvgIpc) is 2.12. The first-order chi connectivity index (χ1) is 6.79. The van der Waals surface area contributed by atoms with Crippen molar-refractivity contribution in [3.63, 3.8) is 0 Å². The lowest BCUT2D eigenvalue weighted by Gasteiger charge is -2.25. The van der Waals surface area contributed by atoms with Crippen LogP contribution in [-0.4, -0.2) is 16.1 Å². The third-order valence-corrected chi connectivity index (χ3v) is 2.33. The van der Waals surface area contributed by atoms with Gasteiger partial charge in [-0.2, -0.15) is 10.2 Å². The Balaban J connectivity index is 2.21. The molecule has 1 aromatic rings. The van der Waals surface area contributed by atoms with Crippen LogP contribution in [0.5, 0.6) is 5.88 Å². The van der Waals surface area contributed by atoms with Crippen LogP contribution in [0, 0.1) is 18.3 Å². The quantitative estimate of drug-likeness (QED) is 0.708. The van der Waals surface area contributed by atoms with E-state index in [2.05, 4.69) is 9.97 Å². The van der Waals surface area contributed by atoms with Gasteiger partial charge >= 0.3 is 0 Å². The summed E-state index contributed by atoms with van der Waals surface area (Å²) in [7, 11) is 0. The van der Waals surface area contributed by atoms with Gasteiger partial charge in [-0.15, -0.1) is 0 Å². The molecule has 0 unspecified atom stereocenters. The molecule has 72 valence electrons. The van der Waals surface area contributed by atoms with Crippen LogP contribution in [-0.2, 0) is 0 Å². The van der Waals surface area contributed by atoms with Crippen molar-refractivity contribution in [2.45, 2.75) is 32.3 Å². The molecule has 4 nitrogen and oxygen atoms in total. The highest BCUT2D eigenvalue weighted by molar-refractivity contribution is 5.35. The summed E-state index contributed by atoms with van der Waals surface area (Å²) >= 11 is 0. The van der Waals surface area contributed by atoms with Gasteiger partial charge in [-0.3, -0.25) is 0 Å². The molecule has 0 bridgehead atoms. The maximum Gasteiger partial charge on any atom is 0.235 e. The van der Waals surface area contributed by atoms with Crippen molar-refractivity contribution in [3.05, 3.63) is 17.6 Å². The zero-order chi connectivity index (χ0) is 9.97. The molecule has 0 spiro atoms. The second kappa shape index (κ2) is 3.62. The predicted octanol–water partition coefficient (Wildman–Crippen LogP) is 1.59. The fraction of sp³-hybridized carbons (Fsp3) is 0.500. The molecule has 0 aromatic carbocycles.